The van der Waals surface area contributed by atoms with Crippen LogP contribution in [0.4, 0.5) is 0 Å². The highest BCUT2D eigenvalue weighted by atomic mass is 16.5. The van der Waals surface area contributed by atoms with Crippen LogP contribution in [-0.4, -0.2) is 29.2 Å². The van der Waals surface area contributed by atoms with Crippen molar-refractivity contribution in [2.45, 2.75) is 25.8 Å². The minimum atomic E-state index is -0.390. The second-order valence-electron chi connectivity index (χ2n) is 5.75. The molecule has 1 fully saturated rings. The number of carbonyl (C=O) groups is 1. The summed E-state index contributed by atoms with van der Waals surface area (Å²) in [6.07, 6.45) is 5.99. The third kappa shape index (κ3) is 2.78. The van der Waals surface area contributed by atoms with Crippen LogP contribution >= 0.6 is 0 Å². The van der Waals surface area contributed by atoms with E-state index in [1.165, 1.54) is 26.4 Å². The molecule has 112 valence electrons. The molecule has 0 spiro atoms. The third-order valence-electron chi connectivity index (χ3n) is 4.29. The Morgan fingerprint density at radius 3 is 3.00 bits per heavy atom. The molecule has 0 radical (unpaired) electrons. The predicted octanol–water partition coefficient (Wildman–Crippen LogP) is 2.25. The number of hydrogen-bond acceptors (Lipinski definition) is 4. The molecular formula is C16H21N3O2. The molecule has 2 aromatic rings. The third-order valence-corrected chi connectivity index (χ3v) is 4.29. The van der Waals surface area contributed by atoms with E-state index in [9.17, 15) is 4.79 Å². The number of rotatable bonds is 5. The maximum Gasteiger partial charge on any atom is 0.356 e. The Bertz CT molecular complexity index is 659. The lowest BCUT2D eigenvalue weighted by molar-refractivity contribution is 0.0594. The monoisotopic (exact) mass is 287 g/mol. The molecule has 0 saturated heterocycles. The molecule has 0 unspecified atom stereocenters. The van der Waals surface area contributed by atoms with Gasteiger partial charge in [-0.2, -0.15) is 0 Å². The van der Waals surface area contributed by atoms with E-state index in [1.807, 2.05) is 29.9 Å². The summed E-state index contributed by atoms with van der Waals surface area (Å²) < 4.78 is 6.72. The number of carbonyl (C=O) groups excluding carboxylic acids is 1. The van der Waals surface area contributed by atoms with Crippen LogP contribution in [0.3, 0.4) is 0 Å². The second-order valence-corrected chi connectivity index (χ2v) is 5.75. The smallest absolute Gasteiger partial charge is 0.356 e. The molecule has 2 heterocycles. The van der Waals surface area contributed by atoms with E-state index in [1.54, 1.807) is 0 Å². The van der Waals surface area contributed by atoms with Crippen molar-refractivity contribution in [3.63, 3.8) is 0 Å². The summed E-state index contributed by atoms with van der Waals surface area (Å²) in [5, 5.41) is 4.59. The largest absolute Gasteiger partial charge is 0.464 e. The van der Waals surface area contributed by atoms with Crippen molar-refractivity contribution >= 4 is 17.0 Å². The molecule has 1 N–H and O–H groups in total. The van der Waals surface area contributed by atoms with Crippen molar-refractivity contribution in [3.05, 3.63) is 29.6 Å². The number of aromatic nitrogens is 2. The van der Waals surface area contributed by atoms with E-state index in [0.717, 1.165) is 35.6 Å². The first-order valence-electron chi connectivity index (χ1n) is 7.43. The first-order valence-corrected chi connectivity index (χ1v) is 7.43. The predicted molar refractivity (Wildman–Crippen MR) is 81.1 cm³/mol. The molecule has 21 heavy (non-hydrogen) atoms. The maximum atomic E-state index is 11.8. The summed E-state index contributed by atoms with van der Waals surface area (Å²) in [5.74, 6) is 0.427. The highest BCUT2D eigenvalue weighted by Crippen LogP contribution is 2.25. The molecule has 5 nitrogen and oxygen atoms in total. The highest BCUT2D eigenvalue weighted by molar-refractivity contribution is 5.91. The van der Waals surface area contributed by atoms with E-state index >= 15 is 0 Å². The molecule has 3 rings (SSSR count). The van der Waals surface area contributed by atoms with E-state index in [-0.39, 0.29) is 0 Å². The Kier molecular flexibility index (Phi) is 3.92. The molecular weight excluding hydrogens is 266 g/mol. The first kappa shape index (κ1) is 14.1. The molecule has 5 heteroatoms. The lowest BCUT2D eigenvalue weighted by atomic mass is 9.85. The van der Waals surface area contributed by atoms with E-state index < -0.39 is 5.97 Å². The maximum absolute atomic E-state index is 11.8. The fourth-order valence-electron chi connectivity index (χ4n) is 2.76. The van der Waals surface area contributed by atoms with E-state index in [4.69, 9.17) is 4.74 Å². The fraction of sp³-hybridized carbons (Fsp3) is 0.500. The zero-order valence-electron chi connectivity index (χ0n) is 12.6. The van der Waals surface area contributed by atoms with Gasteiger partial charge in [0.2, 0.25) is 0 Å². The second kappa shape index (κ2) is 5.85. The standard InChI is InChI=1S/C16H21N3O2/c1-19-7-6-13-12(10-17-9-11-4-3-5-11)8-14(16(20)21-2)18-15(13)19/h6-8,11,17H,3-5,9-10H2,1-2H3. The molecule has 1 aliphatic rings. The number of aryl methyl sites for hydroxylation is 1. The van der Waals surface area contributed by atoms with Gasteiger partial charge in [-0.15, -0.1) is 0 Å². The van der Waals surface area contributed by atoms with Gasteiger partial charge in [-0.1, -0.05) is 6.42 Å². The Hall–Kier alpha value is -1.88. The van der Waals surface area contributed by atoms with E-state index in [2.05, 4.69) is 10.3 Å². The molecule has 0 amide bonds. The quantitative estimate of drug-likeness (QED) is 0.857. The number of hydrogen-bond donors (Lipinski definition) is 1. The summed E-state index contributed by atoms with van der Waals surface area (Å²) in [7, 11) is 3.32. The average Bonchev–Trinajstić information content (AvgIpc) is 2.82. The SMILES string of the molecule is COC(=O)c1cc(CNCC2CCC2)c2ccn(C)c2n1. The summed E-state index contributed by atoms with van der Waals surface area (Å²) in [6.45, 7) is 1.80. The molecule has 0 bridgehead atoms. The molecule has 0 aromatic carbocycles. The van der Waals surface area contributed by atoms with Gasteiger partial charge in [0.1, 0.15) is 5.65 Å². The number of methoxy groups -OCH3 is 1. The van der Waals surface area contributed by atoms with Gasteiger partial charge in [-0.3, -0.25) is 0 Å². The first-order chi connectivity index (χ1) is 10.2. The molecule has 1 aliphatic carbocycles. The van der Waals surface area contributed by atoms with Crippen LogP contribution < -0.4 is 5.32 Å². The Labute approximate surface area is 124 Å². The molecule has 0 aliphatic heterocycles. The number of nitrogens with one attached hydrogen (secondary N) is 1. The van der Waals surface area contributed by atoms with Crippen LogP contribution in [-0.2, 0) is 18.3 Å². The van der Waals surface area contributed by atoms with Crippen molar-refractivity contribution in [3.8, 4) is 0 Å². The Balaban J connectivity index is 1.85. The molecule has 1 saturated carbocycles. The van der Waals surface area contributed by atoms with Crippen LogP contribution in [0.2, 0.25) is 0 Å². The molecule has 0 atom stereocenters. The summed E-state index contributed by atoms with van der Waals surface area (Å²) in [4.78, 5) is 16.2. The van der Waals surface area contributed by atoms with Crippen LogP contribution in [0.25, 0.3) is 11.0 Å². The topological polar surface area (TPSA) is 56.1 Å². The van der Waals surface area contributed by atoms with Gasteiger partial charge in [-0.05, 0) is 43.0 Å². The normalized spacial score (nSPS) is 15.1. The minimum Gasteiger partial charge on any atom is -0.464 e. The number of pyridine rings is 1. The van der Waals surface area contributed by atoms with Gasteiger partial charge in [0.15, 0.2) is 5.69 Å². The zero-order chi connectivity index (χ0) is 14.8. The van der Waals surface area contributed by atoms with Gasteiger partial charge in [0.25, 0.3) is 0 Å². The minimum absolute atomic E-state index is 0.368. The van der Waals surface area contributed by atoms with Crippen LogP contribution in [0, 0.1) is 5.92 Å². The van der Waals surface area contributed by atoms with Gasteiger partial charge in [0.05, 0.1) is 7.11 Å². The average molecular weight is 287 g/mol. The van der Waals surface area contributed by atoms with Crippen molar-refractivity contribution in [1.82, 2.24) is 14.9 Å². The van der Waals surface area contributed by atoms with Crippen LogP contribution in [0.5, 0.6) is 0 Å². The number of esters is 1. The fourth-order valence-corrected chi connectivity index (χ4v) is 2.76. The number of nitrogens with zero attached hydrogens (tertiary/aromatic N) is 2. The van der Waals surface area contributed by atoms with Gasteiger partial charge in [-0.25, -0.2) is 9.78 Å². The van der Waals surface area contributed by atoms with Gasteiger partial charge in [0, 0.05) is 25.2 Å². The Morgan fingerprint density at radius 1 is 1.52 bits per heavy atom. The summed E-state index contributed by atoms with van der Waals surface area (Å²) in [5.41, 5.74) is 2.28. The lowest BCUT2D eigenvalue weighted by Gasteiger charge is -2.25. The summed E-state index contributed by atoms with van der Waals surface area (Å²) >= 11 is 0. The van der Waals surface area contributed by atoms with Crippen LogP contribution in [0.15, 0.2) is 18.3 Å². The van der Waals surface area contributed by atoms with Crippen molar-refractivity contribution < 1.29 is 9.53 Å². The van der Waals surface area contributed by atoms with Gasteiger partial charge >= 0.3 is 5.97 Å². The Morgan fingerprint density at radius 2 is 2.33 bits per heavy atom. The highest BCUT2D eigenvalue weighted by Gasteiger charge is 2.17. The summed E-state index contributed by atoms with van der Waals surface area (Å²) in [6, 6.07) is 3.88. The zero-order valence-corrected chi connectivity index (χ0v) is 12.6. The number of fused-ring (bicyclic) bond motifs is 1. The lowest BCUT2D eigenvalue weighted by Crippen LogP contribution is -2.27. The van der Waals surface area contributed by atoms with Crippen molar-refractivity contribution in [1.29, 1.82) is 0 Å². The van der Waals surface area contributed by atoms with Crippen molar-refractivity contribution in [2.24, 2.45) is 13.0 Å². The van der Waals surface area contributed by atoms with Gasteiger partial charge < -0.3 is 14.6 Å². The van der Waals surface area contributed by atoms with E-state index in [0.29, 0.717) is 5.69 Å². The van der Waals surface area contributed by atoms with Crippen LogP contribution in [0.1, 0.15) is 35.3 Å². The number of ether oxygens (including phenoxy) is 1. The molecule has 2 aromatic heterocycles. The van der Waals surface area contributed by atoms with Crippen molar-refractivity contribution in [2.75, 3.05) is 13.7 Å².